The number of amides is 1. The van der Waals surface area contributed by atoms with Crippen LogP contribution < -0.4 is 10.6 Å². The van der Waals surface area contributed by atoms with Crippen molar-refractivity contribution >= 4 is 17.4 Å². The average molecular weight is 433 g/mol. The van der Waals surface area contributed by atoms with Crippen LogP contribution in [-0.4, -0.2) is 37.4 Å². The molecule has 31 heavy (non-hydrogen) atoms. The standard InChI is InChI=1S/C19H18F3N7O2/c1-18(6-7-23-16(18)30)17-27-26-15(31-17)13-11-3-2-8-29(11)28-14(13)25-10-4-5-12(24-9-10)19(20,21)22/h4-5,9H,2-3,6-8H2,1H3,(H,23,30)(H,25,28). The van der Waals surface area contributed by atoms with Crippen LogP contribution in [0.2, 0.25) is 0 Å². The van der Waals surface area contributed by atoms with E-state index in [1.165, 1.54) is 6.07 Å². The maximum atomic E-state index is 12.8. The largest absolute Gasteiger partial charge is 0.433 e. The predicted molar refractivity (Wildman–Crippen MR) is 101 cm³/mol. The van der Waals surface area contributed by atoms with Crippen molar-refractivity contribution in [3.63, 3.8) is 0 Å². The van der Waals surface area contributed by atoms with E-state index in [-0.39, 0.29) is 17.7 Å². The zero-order valence-corrected chi connectivity index (χ0v) is 16.5. The summed E-state index contributed by atoms with van der Waals surface area (Å²) in [4.78, 5) is 15.7. The molecule has 1 amide bonds. The lowest BCUT2D eigenvalue weighted by Crippen LogP contribution is -2.32. The molecular weight excluding hydrogens is 415 g/mol. The number of pyridine rings is 1. The van der Waals surface area contributed by atoms with Crippen LogP contribution in [-0.2, 0) is 29.4 Å². The van der Waals surface area contributed by atoms with Crippen LogP contribution in [0.25, 0.3) is 11.5 Å². The molecule has 2 aliphatic heterocycles. The van der Waals surface area contributed by atoms with Gasteiger partial charge in [-0.3, -0.25) is 9.48 Å². The number of rotatable bonds is 4. The molecule has 2 N–H and O–H groups in total. The highest BCUT2D eigenvalue weighted by atomic mass is 19.4. The summed E-state index contributed by atoms with van der Waals surface area (Å²) < 4.78 is 46.0. The van der Waals surface area contributed by atoms with E-state index in [1.54, 1.807) is 6.92 Å². The molecule has 3 aromatic rings. The maximum Gasteiger partial charge on any atom is 0.433 e. The Kier molecular flexibility index (Phi) is 4.27. The van der Waals surface area contributed by atoms with Crippen LogP contribution in [0.3, 0.4) is 0 Å². The van der Waals surface area contributed by atoms with Crippen LogP contribution in [0.5, 0.6) is 0 Å². The number of carbonyl (C=O) groups is 1. The third-order valence-electron chi connectivity index (χ3n) is 5.68. The average Bonchev–Trinajstić information content (AvgIpc) is 3.47. The number of fused-ring (bicyclic) bond motifs is 1. The monoisotopic (exact) mass is 433 g/mol. The number of carbonyl (C=O) groups excluding carboxylic acids is 1. The number of aryl methyl sites for hydroxylation is 1. The van der Waals surface area contributed by atoms with Gasteiger partial charge in [0.15, 0.2) is 5.82 Å². The third-order valence-corrected chi connectivity index (χ3v) is 5.68. The van der Waals surface area contributed by atoms with E-state index >= 15 is 0 Å². The zero-order chi connectivity index (χ0) is 21.8. The second kappa shape index (κ2) is 6.79. The fraction of sp³-hybridized carbons (Fsp3) is 0.421. The molecule has 5 heterocycles. The van der Waals surface area contributed by atoms with Gasteiger partial charge in [0, 0.05) is 13.1 Å². The van der Waals surface area contributed by atoms with Gasteiger partial charge in [-0.15, -0.1) is 10.2 Å². The van der Waals surface area contributed by atoms with Crippen molar-refractivity contribution in [1.82, 2.24) is 30.3 Å². The SMILES string of the molecule is CC1(c2nnc(-c3c(Nc4ccc(C(F)(F)F)nc4)nn4c3CCC4)o2)CCNC1=O. The summed E-state index contributed by atoms with van der Waals surface area (Å²) in [6, 6.07) is 2.18. The highest BCUT2D eigenvalue weighted by molar-refractivity contribution is 5.88. The third kappa shape index (κ3) is 3.22. The van der Waals surface area contributed by atoms with E-state index < -0.39 is 17.3 Å². The molecule has 9 nitrogen and oxygen atoms in total. The summed E-state index contributed by atoms with van der Waals surface area (Å²) >= 11 is 0. The molecule has 0 aromatic carbocycles. The number of aromatic nitrogens is 5. The summed E-state index contributed by atoms with van der Waals surface area (Å²) in [5.41, 5.74) is -0.0631. The molecule has 1 unspecified atom stereocenters. The van der Waals surface area contributed by atoms with Gasteiger partial charge in [0.2, 0.25) is 11.8 Å². The topological polar surface area (TPSA) is 111 Å². The number of halogens is 3. The minimum Gasteiger partial charge on any atom is -0.419 e. The van der Waals surface area contributed by atoms with E-state index in [1.807, 2.05) is 4.68 Å². The molecule has 12 heteroatoms. The van der Waals surface area contributed by atoms with Crippen LogP contribution in [0.15, 0.2) is 22.7 Å². The van der Waals surface area contributed by atoms with Gasteiger partial charge in [-0.25, -0.2) is 4.98 Å². The number of anilines is 2. The number of hydrogen-bond acceptors (Lipinski definition) is 7. The summed E-state index contributed by atoms with van der Waals surface area (Å²) in [5, 5.41) is 18.6. The first kappa shape index (κ1) is 19.5. The lowest BCUT2D eigenvalue weighted by atomic mass is 9.89. The van der Waals surface area contributed by atoms with Gasteiger partial charge in [0.05, 0.1) is 17.6 Å². The Hall–Kier alpha value is -3.44. The summed E-state index contributed by atoms with van der Waals surface area (Å²) in [6.45, 7) is 2.99. The number of nitrogens with one attached hydrogen (secondary N) is 2. The molecule has 1 saturated heterocycles. The molecule has 2 aliphatic rings. The van der Waals surface area contributed by atoms with Gasteiger partial charge in [-0.05, 0) is 38.3 Å². The Morgan fingerprint density at radius 3 is 2.81 bits per heavy atom. The Bertz CT molecular complexity index is 1150. The molecule has 162 valence electrons. The highest BCUT2D eigenvalue weighted by Crippen LogP contribution is 2.38. The minimum absolute atomic E-state index is 0.169. The lowest BCUT2D eigenvalue weighted by molar-refractivity contribution is -0.141. The van der Waals surface area contributed by atoms with Crippen molar-refractivity contribution in [2.45, 2.75) is 44.3 Å². The molecule has 5 rings (SSSR count). The first-order chi connectivity index (χ1) is 14.8. The van der Waals surface area contributed by atoms with Gasteiger partial charge in [-0.1, -0.05) is 0 Å². The molecule has 0 bridgehead atoms. The molecule has 0 spiro atoms. The maximum absolute atomic E-state index is 12.8. The van der Waals surface area contributed by atoms with Gasteiger partial charge < -0.3 is 15.1 Å². The molecule has 0 radical (unpaired) electrons. The van der Waals surface area contributed by atoms with E-state index in [2.05, 4.69) is 30.9 Å². The first-order valence-corrected chi connectivity index (χ1v) is 9.78. The lowest BCUT2D eigenvalue weighted by Gasteiger charge is -2.14. The summed E-state index contributed by atoms with van der Waals surface area (Å²) in [6.07, 6.45) is -1.23. The molecule has 0 saturated carbocycles. The van der Waals surface area contributed by atoms with Crippen molar-refractivity contribution in [2.75, 3.05) is 11.9 Å². The normalized spacial score (nSPS) is 20.7. The van der Waals surface area contributed by atoms with Crippen LogP contribution in [0, 0.1) is 0 Å². The van der Waals surface area contributed by atoms with Gasteiger partial charge in [-0.2, -0.15) is 18.3 Å². The summed E-state index contributed by atoms with van der Waals surface area (Å²) in [5.74, 6) is 0.642. The van der Waals surface area contributed by atoms with Crippen molar-refractivity contribution in [1.29, 1.82) is 0 Å². The zero-order valence-electron chi connectivity index (χ0n) is 16.5. The highest BCUT2D eigenvalue weighted by Gasteiger charge is 2.44. The quantitative estimate of drug-likeness (QED) is 0.651. The second-order valence-electron chi connectivity index (χ2n) is 7.80. The molecule has 1 fully saturated rings. The minimum atomic E-state index is -4.51. The number of alkyl halides is 3. The van der Waals surface area contributed by atoms with E-state index in [0.29, 0.717) is 36.6 Å². The Morgan fingerprint density at radius 1 is 1.29 bits per heavy atom. The second-order valence-corrected chi connectivity index (χ2v) is 7.80. The predicted octanol–water partition coefficient (Wildman–Crippen LogP) is 2.81. The molecular formula is C19H18F3N7O2. The molecule has 1 atom stereocenters. The summed E-state index contributed by atoms with van der Waals surface area (Å²) in [7, 11) is 0. The van der Waals surface area contributed by atoms with Gasteiger partial charge in [0.25, 0.3) is 5.89 Å². The van der Waals surface area contributed by atoms with E-state index in [4.69, 9.17) is 4.42 Å². The van der Waals surface area contributed by atoms with E-state index in [0.717, 1.165) is 30.8 Å². The first-order valence-electron chi connectivity index (χ1n) is 9.78. The number of hydrogen-bond donors (Lipinski definition) is 2. The van der Waals surface area contributed by atoms with Gasteiger partial charge >= 0.3 is 6.18 Å². The smallest absolute Gasteiger partial charge is 0.419 e. The molecule has 3 aromatic heterocycles. The fourth-order valence-electron chi connectivity index (χ4n) is 3.90. The van der Waals surface area contributed by atoms with E-state index in [9.17, 15) is 18.0 Å². The Balaban J connectivity index is 1.50. The van der Waals surface area contributed by atoms with Gasteiger partial charge in [0.1, 0.15) is 16.7 Å². The van der Waals surface area contributed by atoms with Crippen molar-refractivity contribution in [3.05, 3.63) is 35.6 Å². The van der Waals surface area contributed by atoms with Crippen molar-refractivity contribution in [3.8, 4) is 11.5 Å². The Morgan fingerprint density at radius 2 is 2.13 bits per heavy atom. The Labute approximate surface area is 174 Å². The number of nitrogens with zero attached hydrogens (tertiary/aromatic N) is 5. The van der Waals surface area contributed by atoms with Crippen LogP contribution >= 0.6 is 0 Å². The fourth-order valence-corrected chi connectivity index (χ4v) is 3.90. The van der Waals surface area contributed by atoms with Crippen molar-refractivity contribution in [2.24, 2.45) is 0 Å². The van der Waals surface area contributed by atoms with Crippen LogP contribution in [0.1, 0.15) is 37.0 Å². The van der Waals surface area contributed by atoms with Crippen molar-refractivity contribution < 1.29 is 22.4 Å². The molecule has 0 aliphatic carbocycles. The van der Waals surface area contributed by atoms with Crippen LogP contribution in [0.4, 0.5) is 24.7 Å².